The van der Waals surface area contributed by atoms with Gasteiger partial charge >= 0.3 is 5.97 Å². The minimum atomic E-state index is -1.07. The molecule has 3 rings (SSSR count). The molecule has 2 unspecified atom stereocenters. The van der Waals surface area contributed by atoms with Crippen LogP contribution in [0.4, 0.5) is 0 Å². The summed E-state index contributed by atoms with van der Waals surface area (Å²) < 4.78 is 0. The number of nitrogens with zero attached hydrogens (tertiary/aromatic N) is 1. The van der Waals surface area contributed by atoms with Crippen LogP contribution in [0.5, 0.6) is 0 Å². The molecule has 4 nitrogen and oxygen atoms in total. The van der Waals surface area contributed by atoms with Crippen molar-refractivity contribution in [3.8, 4) is 0 Å². The molecule has 25 heavy (non-hydrogen) atoms. The SMILES string of the molecule is O=CC1CCN(Cc2ccccc2)CC1(Cc1ccccc1)C(=O)O. The molecule has 1 N–H and O–H groups in total. The molecule has 0 spiro atoms. The van der Waals surface area contributed by atoms with E-state index in [9.17, 15) is 14.7 Å². The standard InChI is InChI=1S/C21H23NO3/c23-15-19-11-12-22(14-18-9-5-2-6-10-18)16-21(19,20(24)25)13-17-7-3-1-4-8-17/h1-10,15,19H,11-14,16H2,(H,24,25). The zero-order valence-corrected chi connectivity index (χ0v) is 14.2. The predicted molar refractivity (Wildman–Crippen MR) is 96.1 cm³/mol. The maximum Gasteiger partial charge on any atom is 0.312 e. The monoisotopic (exact) mass is 337 g/mol. The Morgan fingerprint density at radius 1 is 1.08 bits per heavy atom. The number of rotatable bonds is 6. The van der Waals surface area contributed by atoms with Crippen LogP contribution in [-0.4, -0.2) is 35.4 Å². The summed E-state index contributed by atoms with van der Waals surface area (Å²) in [5.41, 5.74) is 1.04. The molecule has 1 saturated heterocycles. The first-order valence-electron chi connectivity index (χ1n) is 8.63. The topological polar surface area (TPSA) is 57.6 Å². The number of aldehydes is 1. The van der Waals surface area contributed by atoms with Crippen molar-refractivity contribution in [2.75, 3.05) is 13.1 Å². The Kier molecular flexibility index (Phi) is 5.29. The summed E-state index contributed by atoms with van der Waals surface area (Å²) >= 11 is 0. The van der Waals surface area contributed by atoms with Gasteiger partial charge in [-0.2, -0.15) is 0 Å². The normalized spacial score (nSPS) is 23.9. The maximum absolute atomic E-state index is 12.3. The molecule has 4 heteroatoms. The number of carboxylic acids is 1. The van der Waals surface area contributed by atoms with Crippen LogP contribution < -0.4 is 0 Å². The van der Waals surface area contributed by atoms with E-state index in [-0.39, 0.29) is 0 Å². The summed E-state index contributed by atoms with van der Waals surface area (Å²) in [6.45, 7) is 1.83. The van der Waals surface area contributed by atoms with Gasteiger partial charge in [-0.1, -0.05) is 60.7 Å². The van der Waals surface area contributed by atoms with Gasteiger partial charge in [0.2, 0.25) is 0 Å². The summed E-state index contributed by atoms with van der Waals surface area (Å²) in [6.07, 6.45) is 1.80. The van der Waals surface area contributed by atoms with Crippen LogP contribution in [0.3, 0.4) is 0 Å². The van der Waals surface area contributed by atoms with Crippen molar-refractivity contribution in [1.82, 2.24) is 4.90 Å². The Labute approximate surface area is 148 Å². The second-order valence-electron chi connectivity index (χ2n) is 6.85. The lowest BCUT2D eigenvalue weighted by molar-refractivity contribution is -0.159. The summed E-state index contributed by atoms with van der Waals surface area (Å²) in [5.74, 6) is -1.34. The molecule has 0 saturated carbocycles. The lowest BCUT2D eigenvalue weighted by Crippen LogP contribution is -2.54. The molecule has 1 heterocycles. The molecule has 2 aromatic carbocycles. The molecule has 0 bridgehead atoms. The zero-order chi connectivity index (χ0) is 17.7. The third kappa shape index (κ3) is 3.80. The quantitative estimate of drug-likeness (QED) is 0.823. The van der Waals surface area contributed by atoms with Crippen molar-refractivity contribution in [3.05, 3.63) is 71.8 Å². The molecule has 0 aliphatic carbocycles. The average molecular weight is 337 g/mol. The molecule has 1 aliphatic heterocycles. The number of piperidine rings is 1. The van der Waals surface area contributed by atoms with Crippen molar-refractivity contribution >= 4 is 12.3 Å². The number of hydrogen-bond donors (Lipinski definition) is 1. The van der Waals surface area contributed by atoms with Gasteiger partial charge in [-0.15, -0.1) is 0 Å². The van der Waals surface area contributed by atoms with Crippen molar-refractivity contribution in [2.24, 2.45) is 11.3 Å². The van der Waals surface area contributed by atoms with Gasteiger partial charge in [0.15, 0.2) is 0 Å². The average Bonchev–Trinajstić information content (AvgIpc) is 2.63. The van der Waals surface area contributed by atoms with Crippen molar-refractivity contribution in [1.29, 1.82) is 0 Å². The lowest BCUT2D eigenvalue weighted by atomic mass is 9.68. The minimum Gasteiger partial charge on any atom is -0.481 e. The van der Waals surface area contributed by atoms with Crippen LogP contribution in [0.25, 0.3) is 0 Å². The Morgan fingerprint density at radius 3 is 2.24 bits per heavy atom. The molecule has 130 valence electrons. The maximum atomic E-state index is 12.3. The van der Waals surface area contributed by atoms with E-state index in [1.54, 1.807) is 0 Å². The van der Waals surface area contributed by atoms with Gasteiger partial charge in [0.05, 0.1) is 5.41 Å². The first-order valence-corrected chi connectivity index (χ1v) is 8.63. The number of likely N-dealkylation sites (tertiary alicyclic amines) is 1. The summed E-state index contributed by atoms with van der Waals surface area (Å²) in [7, 11) is 0. The lowest BCUT2D eigenvalue weighted by Gasteiger charge is -2.43. The van der Waals surface area contributed by atoms with E-state index in [1.165, 1.54) is 0 Å². The summed E-state index contributed by atoms with van der Waals surface area (Å²) in [4.78, 5) is 26.1. The summed E-state index contributed by atoms with van der Waals surface area (Å²) in [5, 5.41) is 10.0. The van der Waals surface area contributed by atoms with Gasteiger partial charge in [-0.05, 0) is 30.5 Å². The molecule has 0 radical (unpaired) electrons. The van der Waals surface area contributed by atoms with Crippen molar-refractivity contribution in [3.63, 3.8) is 0 Å². The molecule has 1 aliphatic rings. The van der Waals surface area contributed by atoms with Crippen LogP contribution in [-0.2, 0) is 22.6 Å². The van der Waals surface area contributed by atoms with Crippen LogP contribution in [0, 0.1) is 11.3 Å². The largest absolute Gasteiger partial charge is 0.481 e. The van der Waals surface area contributed by atoms with E-state index in [0.717, 1.165) is 24.0 Å². The first-order chi connectivity index (χ1) is 12.1. The van der Waals surface area contributed by atoms with Crippen molar-refractivity contribution in [2.45, 2.75) is 19.4 Å². The Hall–Kier alpha value is -2.46. The first kappa shape index (κ1) is 17.4. The number of benzene rings is 2. The second-order valence-corrected chi connectivity index (χ2v) is 6.85. The van der Waals surface area contributed by atoms with E-state index in [4.69, 9.17) is 0 Å². The summed E-state index contributed by atoms with van der Waals surface area (Å²) in [6, 6.07) is 19.6. The third-order valence-electron chi connectivity index (χ3n) is 5.17. The van der Waals surface area contributed by atoms with Crippen LogP contribution in [0.15, 0.2) is 60.7 Å². The van der Waals surface area contributed by atoms with E-state index >= 15 is 0 Å². The molecule has 2 aromatic rings. The Bertz CT molecular complexity index is 716. The molecule has 1 fully saturated rings. The molecule has 0 amide bonds. The Morgan fingerprint density at radius 2 is 1.68 bits per heavy atom. The fourth-order valence-corrected chi connectivity index (χ4v) is 3.82. The fourth-order valence-electron chi connectivity index (χ4n) is 3.82. The molecule has 2 atom stereocenters. The fraction of sp³-hybridized carbons (Fsp3) is 0.333. The minimum absolute atomic E-state index is 0.373. The van der Waals surface area contributed by atoms with E-state index in [1.807, 2.05) is 60.7 Å². The number of aliphatic carboxylic acids is 1. The van der Waals surface area contributed by atoms with Gasteiger partial charge in [0.1, 0.15) is 6.29 Å². The highest BCUT2D eigenvalue weighted by atomic mass is 16.4. The highest BCUT2D eigenvalue weighted by Gasteiger charge is 2.49. The molecular formula is C21H23NO3. The number of carboxylic acid groups (broad SMARTS) is 1. The smallest absolute Gasteiger partial charge is 0.312 e. The van der Waals surface area contributed by atoms with Gasteiger partial charge in [-0.25, -0.2) is 0 Å². The van der Waals surface area contributed by atoms with Crippen LogP contribution in [0.2, 0.25) is 0 Å². The predicted octanol–water partition coefficient (Wildman–Crippen LogP) is 3.02. The highest BCUT2D eigenvalue weighted by Crippen LogP contribution is 2.38. The van der Waals surface area contributed by atoms with E-state index in [0.29, 0.717) is 25.9 Å². The zero-order valence-electron chi connectivity index (χ0n) is 14.2. The van der Waals surface area contributed by atoms with Crippen LogP contribution >= 0.6 is 0 Å². The van der Waals surface area contributed by atoms with E-state index in [2.05, 4.69) is 4.90 Å². The Balaban J connectivity index is 1.86. The molecule has 0 aromatic heterocycles. The van der Waals surface area contributed by atoms with Gasteiger partial charge in [0.25, 0.3) is 0 Å². The highest BCUT2D eigenvalue weighted by molar-refractivity contribution is 5.80. The van der Waals surface area contributed by atoms with Gasteiger partial charge in [-0.3, -0.25) is 9.69 Å². The van der Waals surface area contributed by atoms with Gasteiger partial charge < -0.3 is 9.90 Å². The second kappa shape index (κ2) is 7.62. The number of carbonyl (C=O) groups excluding carboxylic acids is 1. The molecular weight excluding hydrogens is 314 g/mol. The van der Waals surface area contributed by atoms with E-state index < -0.39 is 17.3 Å². The van der Waals surface area contributed by atoms with Crippen LogP contribution in [0.1, 0.15) is 17.5 Å². The third-order valence-corrected chi connectivity index (χ3v) is 5.17. The number of hydrogen-bond acceptors (Lipinski definition) is 3. The van der Waals surface area contributed by atoms with Gasteiger partial charge in [0, 0.05) is 19.0 Å². The number of carbonyl (C=O) groups is 2. The van der Waals surface area contributed by atoms with Crippen molar-refractivity contribution < 1.29 is 14.7 Å².